The van der Waals surface area contributed by atoms with Crippen LogP contribution >= 0.6 is 0 Å². The first-order chi connectivity index (χ1) is 14.2. The Kier molecular flexibility index (Phi) is 4.61. The number of rotatable bonds is 3. The Labute approximate surface area is 169 Å². The molecule has 29 heavy (non-hydrogen) atoms. The zero-order chi connectivity index (χ0) is 19.8. The smallest absolute Gasteiger partial charge is 0.319 e. The maximum atomic E-state index is 12.6. The molecule has 3 N–H and O–H groups in total. The fraction of sp³-hybridized carbons (Fsp3) is 0.476. The molecule has 2 heterocycles. The second-order valence-electron chi connectivity index (χ2n) is 8.05. The second kappa shape index (κ2) is 7.42. The van der Waals surface area contributed by atoms with Gasteiger partial charge in [0.25, 0.3) is 5.91 Å². The van der Waals surface area contributed by atoms with E-state index in [0.717, 1.165) is 25.0 Å². The number of ether oxygens (including phenoxy) is 1. The minimum absolute atomic E-state index is 0.0167. The van der Waals surface area contributed by atoms with Gasteiger partial charge in [0.1, 0.15) is 5.75 Å². The van der Waals surface area contributed by atoms with Crippen LogP contribution in [0.5, 0.6) is 5.75 Å². The van der Waals surface area contributed by atoms with Gasteiger partial charge >= 0.3 is 6.03 Å². The molecule has 8 nitrogen and oxygen atoms in total. The van der Waals surface area contributed by atoms with Crippen LogP contribution in [0, 0.1) is 0 Å². The molecular formula is C21H25N5O3. The zero-order valence-corrected chi connectivity index (χ0v) is 16.2. The van der Waals surface area contributed by atoms with Gasteiger partial charge in [-0.3, -0.25) is 9.48 Å². The largest absolute Gasteiger partial charge is 0.482 e. The molecule has 0 saturated heterocycles. The Morgan fingerprint density at radius 1 is 1.21 bits per heavy atom. The van der Waals surface area contributed by atoms with E-state index < -0.39 is 0 Å². The van der Waals surface area contributed by atoms with Crippen molar-refractivity contribution in [2.75, 3.05) is 17.2 Å². The van der Waals surface area contributed by atoms with E-state index in [4.69, 9.17) is 9.84 Å². The van der Waals surface area contributed by atoms with Crippen LogP contribution in [0.1, 0.15) is 61.9 Å². The van der Waals surface area contributed by atoms with E-state index in [1.54, 1.807) is 18.2 Å². The molecule has 3 amide bonds. The maximum Gasteiger partial charge on any atom is 0.319 e. The van der Waals surface area contributed by atoms with Gasteiger partial charge in [-0.25, -0.2) is 4.79 Å². The molecule has 1 aromatic carbocycles. The van der Waals surface area contributed by atoms with Crippen molar-refractivity contribution in [1.82, 2.24) is 15.1 Å². The molecule has 1 aromatic heterocycles. The molecule has 3 aliphatic rings. The molecule has 2 aliphatic carbocycles. The van der Waals surface area contributed by atoms with Gasteiger partial charge < -0.3 is 20.7 Å². The fourth-order valence-electron chi connectivity index (χ4n) is 4.54. The van der Waals surface area contributed by atoms with Gasteiger partial charge in [0.15, 0.2) is 6.61 Å². The molecule has 0 radical (unpaired) electrons. The van der Waals surface area contributed by atoms with Crippen molar-refractivity contribution in [2.45, 2.75) is 57.0 Å². The van der Waals surface area contributed by atoms with Crippen molar-refractivity contribution in [2.24, 2.45) is 0 Å². The number of fused-ring (bicyclic) bond motifs is 2. The van der Waals surface area contributed by atoms with Crippen molar-refractivity contribution in [3.05, 3.63) is 35.7 Å². The molecule has 8 heteroatoms. The normalized spacial score (nSPS) is 21.0. The van der Waals surface area contributed by atoms with Crippen LogP contribution < -0.4 is 20.7 Å². The van der Waals surface area contributed by atoms with E-state index >= 15 is 0 Å². The van der Waals surface area contributed by atoms with Crippen LogP contribution in [-0.4, -0.2) is 28.3 Å². The average molecular weight is 395 g/mol. The Morgan fingerprint density at radius 2 is 2.07 bits per heavy atom. The van der Waals surface area contributed by atoms with Crippen molar-refractivity contribution in [3.8, 4) is 5.75 Å². The average Bonchev–Trinajstić information content (AvgIpc) is 3.38. The number of urea groups is 1. The number of nitrogens with one attached hydrogen (secondary N) is 3. The van der Waals surface area contributed by atoms with E-state index in [-0.39, 0.29) is 24.6 Å². The summed E-state index contributed by atoms with van der Waals surface area (Å²) in [5.74, 6) is 0.374. The summed E-state index contributed by atoms with van der Waals surface area (Å²) in [5.41, 5.74) is 3.49. The van der Waals surface area contributed by atoms with Crippen molar-refractivity contribution < 1.29 is 14.3 Å². The predicted octanol–water partition coefficient (Wildman–Crippen LogP) is 3.53. The number of carbonyl (C=O) groups excluding carboxylic acids is 2. The lowest BCUT2D eigenvalue weighted by atomic mass is 9.94. The van der Waals surface area contributed by atoms with Crippen molar-refractivity contribution in [3.63, 3.8) is 0 Å². The lowest BCUT2D eigenvalue weighted by molar-refractivity contribution is -0.118. The number of hydrogen-bond donors (Lipinski definition) is 3. The predicted molar refractivity (Wildman–Crippen MR) is 108 cm³/mol. The summed E-state index contributed by atoms with van der Waals surface area (Å²) in [6, 6.07) is 5.35. The van der Waals surface area contributed by atoms with Crippen LogP contribution in [0.15, 0.2) is 24.4 Å². The summed E-state index contributed by atoms with van der Waals surface area (Å²) < 4.78 is 7.54. The summed E-state index contributed by atoms with van der Waals surface area (Å²) >= 11 is 0. The Morgan fingerprint density at radius 3 is 2.93 bits per heavy atom. The van der Waals surface area contributed by atoms with E-state index in [2.05, 4.69) is 26.8 Å². The van der Waals surface area contributed by atoms with Gasteiger partial charge in [0.05, 0.1) is 23.5 Å². The number of carbonyl (C=O) groups is 2. The van der Waals surface area contributed by atoms with E-state index in [9.17, 15) is 9.59 Å². The monoisotopic (exact) mass is 395 g/mol. The number of aromatic nitrogens is 2. The van der Waals surface area contributed by atoms with Gasteiger partial charge in [-0.15, -0.1) is 0 Å². The SMILES string of the molecule is O=C1COc2cc(NC(=O)N[C@H]3CCCc4cn(C5CCCC5)nc43)ccc2N1. The molecule has 0 unspecified atom stereocenters. The molecule has 1 saturated carbocycles. The third kappa shape index (κ3) is 3.66. The Hall–Kier alpha value is -3.03. The van der Waals surface area contributed by atoms with Crippen LogP contribution in [0.2, 0.25) is 0 Å². The number of hydrogen-bond acceptors (Lipinski definition) is 4. The van der Waals surface area contributed by atoms with E-state index in [1.165, 1.54) is 31.2 Å². The lowest BCUT2D eigenvalue weighted by Gasteiger charge is -2.23. The maximum absolute atomic E-state index is 12.6. The van der Waals surface area contributed by atoms with Gasteiger partial charge in [0, 0.05) is 18.0 Å². The highest BCUT2D eigenvalue weighted by Gasteiger charge is 2.28. The van der Waals surface area contributed by atoms with Gasteiger partial charge in [-0.1, -0.05) is 12.8 Å². The van der Waals surface area contributed by atoms with Crippen LogP contribution in [0.3, 0.4) is 0 Å². The molecular weight excluding hydrogens is 370 g/mol. The minimum atomic E-state index is -0.266. The standard InChI is InChI=1S/C21H25N5O3/c27-19-12-29-18-10-14(8-9-16(18)23-19)22-21(28)24-17-7-3-4-13-11-26(25-20(13)17)15-5-1-2-6-15/h8-11,15,17H,1-7,12H2,(H,23,27)(H2,22,24,28)/t17-/m0/s1. The Balaban J connectivity index is 1.26. The van der Waals surface area contributed by atoms with E-state index in [0.29, 0.717) is 23.2 Å². The molecule has 5 rings (SSSR count). The summed E-state index contributed by atoms with van der Waals surface area (Å²) in [6.07, 6.45) is 10.1. The number of anilines is 2. The molecule has 2 aromatic rings. The zero-order valence-electron chi connectivity index (χ0n) is 16.2. The summed E-state index contributed by atoms with van der Waals surface area (Å²) in [5, 5.41) is 13.5. The second-order valence-corrected chi connectivity index (χ2v) is 8.05. The molecule has 1 fully saturated rings. The third-order valence-electron chi connectivity index (χ3n) is 5.99. The molecule has 1 aliphatic heterocycles. The van der Waals surface area contributed by atoms with Crippen molar-refractivity contribution in [1.29, 1.82) is 0 Å². The summed E-state index contributed by atoms with van der Waals surface area (Å²) in [4.78, 5) is 24.0. The molecule has 0 spiro atoms. The Bertz CT molecular complexity index is 948. The highest BCUT2D eigenvalue weighted by molar-refractivity contribution is 5.96. The van der Waals surface area contributed by atoms with Crippen LogP contribution in [0.25, 0.3) is 0 Å². The number of amides is 3. The first-order valence-electron chi connectivity index (χ1n) is 10.4. The topological polar surface area (TPSA) is 97.3 Å². The number of benzene rings is 1. The van der Waals surface area contributed by atoms with Crippen molar-refractivity contribution >= 4 is 23.3 Å². The number of aryl methyl sites for hydroxylation is 1. The molecule has 152 valence electrons. The first kappa shape index (κ1) is 18.0. The molecule has 1 atom stereocenters. The quantitative estimate of drug-likeness (QED) is 0.741. The number of nitrogens with zero attached hydrogens (tertiary/aromatic N) is 2. The highest BCUT2D eigenvalue weighted by atomic mass is 16.5. The summed E-state index contributed by atoms with van der Waals surface area (Å²) in [7, 11) is 0. The lowest BCUT2D eigenvalue weighted by Crippen LogP contribution is -2.34. The third-order valence-corrected chi connectivity index (χ3v) is 5.99. The van der Waals surface area contributed by atoms with Gasteiger partial charge in [-0.05, 0) is 49.8 Å². The highest BCUT2D eigenvalue weighted by Crippen LogP contribution is 2.34. The van der Waals surface area contributed by atoms with Gasteiger partial charge in [0.2, 0.25) is 0 Å². The molecule has 0 bridgehead atoms. The van der Waals surface area contributed by atoms with Crippen LogP contribution in [-0.2, 0) is 11.2 Å². The van der Waals surface area contributed by atoms with E-state index in [1.807, 2.05) is 0 Å². The first-order valence-corrected chi connectivity index (χ1v) is 10.4. The van der Waals surface area contributed by atoms with Crippen LogP contribution in [0.4, 0.5) is 16.2 Å². The fourth-order valence-corrected chi connectivity index (χ4v) is 4.54. The van der Waals surface area contributed by atoms with Gasteiger partial charge in [-0.2, -0.15) is 5.10 Å². The summed E-state index contributed by atoms with van der Waals surface area (Å²) in [6.45, 7) is -0.0167. The minimum Gasteiger partial charge on any atom is -0.482 e.